The summed E-state index contributed by atoms with van der Waals surface area (Å²) in [4.78, 5) is 10.9. The third-order valence-corrected chi connectivity index (χ3v) is 4.62. The summed E-state index contributed by atoms with van der Waals surface area (Å²) in [6.45, 7) is 5.52. The van der Waals surface area contributed by atoms with Gasteiger partial charge >= 0.3 is 0 Å². The van der Waals surface area contributed by atoms with Crippen LogP contribution in [0, 0.1) is 12.8 Å². The van der Waals surface area contributed by atoms with Gasteiger partial charge < -0.3 is 10.0 Å². The van der Waals surface area contributed by atoms with E-state index in [9.17, 15) is 5.11 Å². The van der Waals surface area contributed by atoms with Gasteiger partial charge in [-0.15, -0.1) is 0 Å². The van der Waals surface area contributed by atoms with Crippen LogP contribution in [0.2, 0.25) is 0 Å². The molecule has 2 atom stereocenters. The van der Waals surface area contributed by atoms with E-state index in [2.05, 4.69) is 39.1 Å². The van der Waals surface area contributed by atoms with Crippen LogP contribution >= 0.6 is 0 Å². The lowest BCUT2D eigenvalue weighted by Crippen LogP contribution is -2.51. The maximum atomic E-state index is 10.8. The maximum absolute atomic E-state index is 10.8. The van der Waals surface area contributed by atoms with Crippen molar-refractivity contribution in [2.45, 2.75) is 32.3 Å². The highest BCUT2D eigenvalue weighted by Crippen LogP contribution is 2.32. The van der Waals surface area contributed by atoms with E-state index in [-0.39, 0.29) is 5.92 Å². The molecule has 1 aliphatic heterocycles. The summed E-state index contributed by atoms with van der Waals surface area (Å²) >= 11 is 0. The Morgan fingerprint density at radius 1 is 1.27 bits per heavy atom. The molecule has 4 heteroatoms. The van der Waals surface area contributed by atoms with Crippen LogP contribution in [0.25, 0.3) is 0 Å². The first-order valence-corrected chi connectivity index (χ1v) is 7.85. The van der Waals surface area contributed by atoms with Gasteiger partial charge in [0.25, 0.3) is 0 Å². The van der Waals surface area contributed by atoms with E-state index in [1.807, 2.05) is 26.0 Å². The number of nitrogens with zero attached hydrogens (tertiary/aromatic N) is 3. The molecule has 1 N–H and O–H groups in total. The first-order chi connectivity index (χ1) is 10.5. The summed E-state index contributed by atoms with van der Waals surface area (Å²) in [5.74, 6) is 1.94. The number of rotatable bonds is 3. The molecule has 0 radical (unpaired) electrons. The van der Waals surface area contributed by atoms with Crippen molar-refractivity contribution in [3.63, 3.8) is 0 Å². The van der Waals surface area contributed by atoms with Gasteiger partial charge in [-0.1, -0.05) is 30.3 Å². The number of piperidine rings is 1. The molecule has 2 heterocycles. The highest BCUT2D eigenvalue weighted by atomic mass is 16.3. The number of aromatic nitrogens is 2. The molecule has 22 heavy (non-hydrogen) atoms. The quantitative estimate of drug-likeness (QED) is 0.946. The van der Waals surface area contributed by atoms with Crippen molar-refractivity contribution in [2.75, 3.05) is 18.0 Å². The fourth-order valence-corrected chi connectivity index (χ4v) is 3.13. The van der Waals surface area contributed by atoms with Gasteiger partial charge in [0.15, 0.2) is 0 Å². The fraction of sp³-hybridized carbons (Fsp3) is 0.444. The molecule has 0 aliphatic carbocycles. The number of aryl methyl sites for hydroxylation is 1. The topological polar surface area (TPSA) is 49.2 Å². The van der Waals surface area contributed by atoms with Gasteiger partial charge in [0.1, 0.15) is 11.6 Å². The van der Waals surface area contributed by atoms with Gasteiger partial charge in [0.2, 0.25) is 0 Å². The van der Waals surface area contributed by atoms with Crippen molar-refractivity contribution in [3.05, 3.63) is 54.0 Å². The van der Waals surface area contributed by atoms with E-state index >= 15 is 0 Å². The first-order valence-electron chi connectivity index (χ1n) is 7.85. The smallest absolute Gasteiger partial charge is 0.132 e. The molecule has 2 aromatic rings. The Labute approximate surface area is 131 Å². The standard InChI is InChI=1S/C18H23N3O/c1-14-19-10-8-17(20-14)21-11-9-18(2,22)16(13-21)12-15-6-4-3-5-7-15/h3-8,10,16,22H,9,11-13H2,1-2H3/t16-,18+/m1/s1. The first kappa shape index (κ1) is 15.0. The monoisotopic (exact) mass is 297 g/mol. The summed E-state index contributed by atoms with van der Waals surface area (Å²) in [6.07, 6.45) is 3.44. The highest BCUT2D eigenvalue weighted by Gasteiger charge is 2.37. The molecule has 1 aliphatic rings. The summed E-state index contributed by atoms with van der Waals surface area (Å²) in [5, 5.41) is 10.8. The molecule has 3 rings (SSSR count). The van der Waals surface area contributed by atoms with Crippen molar-refractivity contribution < 1.29 is 5.11 Å². The molecule has 4 nitrogen and oxygen atoms in total. The number of hydrogen-bond donors (Lipinski definition) is 1. The van der Waals surface area contributed by atoms with Crippen LogP contribution in [-0.4, -0.2) is 33.8 Å². The molecule has 1 fully saturated rings. The second kappa shape index (κ2) is 6.05. The minimum Gasteiger partial charge on any atom is -0.390 e. The normalized spacial score (nSPS) is 25.2. The van der Waals surface area contributed by atoms with Crippen LogP contribution in [0.1, 0.15) is 24.7 Å². The molecule has 0 unspecified atom stereocenters. The molecule has 0 amide bonds. The molecular formula is C18H23N3O. The summed E-state index contributed by atoms with van der Waals surface area (Å²) in [6, 6.07) is 12.3. The SMILES string of the molecule is Cc1nccc(N2CC[C@](C)(O)[C@H](Cc3ccccc3)C2)n1. The Bertz CT molecular complexity index is 627. The molecule has 1 saturated heterocycles. The van der Waals surface area contributed by atoms with Crippen LogP contribution in [-0.2, 0) is 6.42 Å². The Morgan fingerprint density at radius 2 is 2.05 bits per heavy atom. The maximum Gasteiger partial charge on any atom is 0.132 e. The summed E-state index contributed by atoms with van der Waals surface area (Å²) in [7, 11) is 0. The molecule has 1 aromatic heterocycles. The summed E-state index contributed by atoms with van der Waals surface area (Å²) in [5.41, 5.74) is 0.641. The van der Waals surface area contributed by atoms with Crippen LogP contribution in [0.4, 0.5) is 5.82 Å². The van der Waals surface area contributed by atoms with Gasteiger partial charge in [0.05, 0.1) is 5.60 Å². The largest absolute Gasteiger partial charge is 0.390 e. The van der Waals surface area contributed by atoms with Gasteiger partial charge in [-0.25, -0.2) is 9.97 Å². The minimum atomic E-state index is -0.631. The van der Waals surface area contributed by atoms with Gasteiger partial charge in [-0.2, -0.15) is 0 Å². The van der Waals surface area contributed by atoms with E-state index in [1.165, 1.54) is 5.56 Å². The van der Waals surface area contributed by atoms with E-state index in [0.29, 0.717) is 0 Å². The van der Waals surface area contributed by atoms with E-state index in [4.69, 9.17) is 0 Å². The van der Waals surface area contributed by atoms with Gasteiger partial charge in [-0.05, 0) is 38.3 Å². The van der Waals surface area contributed by atoms with Crippen molar-refractivity contribution in [1.82, 2.24) is 9.97 Å². The third-order valence-electron chi connectivity index (χ3n) is 4.62. The lowest BCUT2D eigenvalue weighted by atomic mass is 9.79. The molecule has 0 saturated carbocycles. The van der Waals surface area contributed by atoms with E-state index in [0.717, 1.165) is 37.6 Å². The molecular weight excluding hydrogens is 274 g/mol. The fourth-order valence-electron chi connectivity index (χ4n) is 3.13. The van der Waals surface area contributed by atoms with Crippen LogP contribution < -0.4 is 4.90 Å². The Kier molecular flexibility index (Phi) is 4.12. The van der Waals surface area contributed by atoms with E-state index in [1.54, 1.807) is 6.20 Å². The second-order valence-corrected chi connectivity index (χ2v) is 6.40. The van der Waals surface area contributed by atoms with Crippen molar-refractivity contribution in [2.24, 2.45) is 5.92 Å². The van der Waals surface area contributed by atoms with Crippen molar-refractivity contribution in [3.8, 4) is 0 Å². The van der Waals surface area contributed by atoms with Gasteiger partial charge in [0, 0.05) is 25.2 Å². The molecule has 1 aromatic carbocycles. The van der Waals surface area contributed by atoms with Crippen LogP contribution in [0.3, 0.4) is 0 Å². The predicted octanol–water partition coefficient (Wildman–Crippen LogP) is 2.61. The highest BCUT2D eigenvalue weighted by molar-refractivity contribution is 5.38. The Balaban J connectivity index is 1.78. The zero-order valence-corrected chi connectivity index (χ0v) is 13.2. The molecule has 0 spiro atoms. The zero-order valence-electron chi connectivity index (χ0n) is 13.2. The Hall–Kier alpha value is -1.94. The number of aliphatic hydroxyl groups is 1. The minimum absolute atomic E-state index is 0.193. The van der Waals surface area contributed by atoms with Crippen molar-refractivity contribution >= 4 is 5.82 Å². The van der Waals surface area contributed by atoms with Crippen LogP contribution in [0.5, 0.6) is 0 Å². The predicted molar refractivity (Wildman–Crippen MR) is 87.9 cm³/mol. The lowest BCUT2D eigenvalue weighted by molar-refractivity contribution is -0.0168. The summed E-state index contributed by atoms with van der Waals surface area (Å²) < 4.78 is 0. The number of hydrogen-bond acceptors (Lipinski definition) is 4. The average molecular weight is 297 g/mol. The van der Waals surface area contributed by atoms with E-state index < -0.39 is 5.60 Å². The third kappa shape index (κ3) is 3.28. The molecule has 116 valence electrons. The van der Waals surface area contributed by atoms with Gasteiger partial charge in [-0.3, -0.25) is 0 Å². The molecule has 0 bridgehead atoms. The van der Waals surface area contributed by atoms with Crippen LogP contribution in [0.15, 0.2) is 42.6 Å². The van der Waals surface area contributed by atoms with Crippen molar-refractivity contribution in [1.29, 1.82) is 0 Å². The average Bonchev–Trinajstić information content (AvgIpc) is 2.50. The number of benzene rings is 1. The Morgan fingerprint density at radius 3 is 2.77 bits per heavy atom. The zero-order chi connectivity index (χ0) is 15.6. The number of anilines is 1. The lowest BCUT2D eigenvalue weighted by Gasteiger charge is -2.43. The second-order valence-electron chi connectivity index (χ2n) is 6.40.